The third kappa shape index (κ3) is 9.86. The summed E-state index contributed by atoms with van der Waals surface area (Å²) in [7, 11) is -5.66. The van der Waals surface area contributed by atoms with E-state index in [-0.39, 0.29) is 0 Å². The van der Waals surface area contributed by atoms with Crippen molar-refractivity contribution in [1.82, 2.24) is 0 Å². The maximum Gasteiger partial charge on any atom is 0.300 e. The monoisotopic (exact) mass is 299 g/mol. The summed E-state index contributed by atoms with van der Waals surface area (Å²) in [6.45, 7) is 12.0. The molecule has 0 saturated carbocycles. The maximum absolute atomic E-state index is 5.65. The predicted octanol–water partition coefficient (Wildman–Crippen LogP) is -0.179. The second-order valence-electron chi connectivity index (χ2n) is 4.06. The van der Waals surface area contributed by atoms with Crippen LogP contribution in [0.25, 0.3) is 0 Å². The van der Waals surface area contributed by atoms with Gasteiger partial charge < -0.3 is 22.2 Å². The normalized spacial score (nSPS) is 36.0. The Balaban J connectivity index is 0.000000487. The van der Waals surface area contributed by atoms with Gasteiger partial charge in [-0.25, -0.2) is 0 Å². The van der Waals surface area contributed by atoms with Gasteiger partial charge in [-0.05, 0) is 32.2 Å². The fraction of sp³-hybridized carbons (Fsp3) is 1.00. The van der Waals surface area contributed by atoms with E-state index in [0.717, 1.165) is 0 Å². The lowest BCUT2D eigenvalue weighted by Crippen LogP contribution is -2.44. The zero-order chi connectivity index (χ0) is 12.7. The molecule has 0 aliphatic carbocycles. The minimum absolute atomic E-state index is 0.333. The lowest BCUT2D eigenvalue weighted by molar-refractivity contribution is 0.295. The fourth-order valence-corrected chi connectivity index (χ4v) is 13.2. The van der Waals surface area contributed by atoms with Crippen LogP contribution < -0.4 is 5.73 Å². The molecule has 2 N–H and O–H groups in total. The van der Waals surface area contributed by atoms with E-state index < -0.39 is 37.1 Å². The van der Waals surface area contributed by atoms with Crippen molar-refractivity contribution >= 4 is 37.1 Å². The standard InChI is InChI=1S/C4H16O4Si4.C3H9N/c1-9-5-10(2)7-12(4)8-11(3)6-9;1-3(2)4/h9-12H,1-4H3;3H,4H2,1-2H3. The first kappa shape index (κ1) is 16.7. The highest BCUT2D eigenvalue weighted by atomic mass is 28.5. The van der Waals surface area contributed by atoms with Crippen molar-refractivity contribution in [2.75, 3.05) is 0 Å². The first-order chi connectivity index (χ1) is 7.31. The quantitative estimate of drug-likeness (QED) is 0.629. The molecule has 9 heteroatoms. The highest BCUT2D eigenvalue weighted by molar-refractivity contribution is 6.72. The SMILES string of the molecule is CC(C)N.C[SiH]1O[SiH](C)O[SiH](C)O[SiH](C)O1. The molecule has 0 aromatic heterocycles. The topological polar surface area (TPSA) is 62.9 Å². The highest BCUT2D eigenvalue weighted by Gasteiger charge is 2.25. The minimum Gasteiger partial charge on any atom is -0.420 e. The fourth-order valence-electron chi connectivity index (χ4n) is 1.21. The van der Waals surface area contributed by atoms with Crippen molar-refractivity contribution in [3.8, 4) is 0 Å². The lowest BCUT2D eigenvalue weighted by atomic mass is 10.5. The van der Waals surface area contributed by atoms with Gasteiger partial charge in [0.05, 0.1) is 0 Å². The van der Waals surface area contributed by atoms with E-state index in [1.165, 1.54) is 0 Å². The van der Waals surface area contributed by atoms with Gasteiger partial charge in [-0.15, -0.1) is 0 Å². The molecule has 0 aromatic carbocycles. The summed E-state index contributed by atoms with van der Waals surface area (Å²) in [5, 5.41) is 0. The van der Waals surface area contributed by atoms with Crippen LogP contribution in [-0.4, -0.2) is 43.2 Å². The molecule has 0 amide bonds. The van der Waals surface area contributed by atoms with E-state index in [1.807, 2.05) is 40.0 Å². The minimum atomic E-state index is -1.42. The van der Waals surface area contributed by atoms with Crippen LogP contribution in [-0.2, 0) is 16.5 Å². The Kier molecular flexibility index (Phi) is 9.08. The summed E-state index contributed by atoms with van der Waals surface area (Å²) in [6.07, 6.45) is 0. The largest absolute Gasteiger partial charge is 0.420 e. The van der Waals surface area contributed by atoms with Crippen LogP contribution in [0.4, 0.5) is 0 Å². The van der Waals surface area contributed by atoms with Crippen LogP contribution in [0.3, 0.4) is 0 Å². The molecule has 0 atom stereocenters. The van der Waals surface area contributed by atoms with Gasteiger partial charge in [0.15, 0.2) is 0 Å². The molecule has 16 heavy (non-hydrogen) atoms. The van der Waals surface area contributed by atoms with Crippen molar-refractivity contribution in [2.45, 2.75) is 46.1 Å². The summed E-state index contributed by atoms with van der Waals surface area (Å²) < 4.78 is 22.6. The van der Waals surface area contributed by atoms with E-state index in [0.29, 0.717) is 6.04 Å². The van der Waals surface area contributed by atoms with Crippen LogP contribution in [0, 0.1) is 0 Å². The molecule has 0 aromatic rings. The molecule has 1 saturated heterocycles. The van der Waals surface area contributed by atoms with Gasteiger partial charge in [-0.2, -0.15) is 0 Å². The average Bonchev–Trinajstić information content (AvgIpc) is 1.97. The van der Waals surface area contributed by atoms with Crippen LogP contribution in [0.1, 0.15) is 13.8 Å². The lowest BCUT2D eigenvalue weighted by Gasteiger charge is -2.28. The number of nitrogens with two attached hydrogens (primary N) is 1. The maximum atomic E-state index is 5.65. The van der Waals surface area contributed by atoms with E-state index in [2.05, 4.69) is 0 Å². The number of hydrogen-bond donors (Lipinski definition) is 1. The molecule has 1 aliphatic heterocycles. The van der Waals surface area contributed by atoms with Gasteiger partial charge in [0.2, 0.25) is 0 Å². The van der Waals surface area contributed by atoms with Crippen LogP contribution in [0.2, 0.25) is 26.2 Å². The van der Waals surface area contributed by atoms with Crippen LogP contribution >= 0.6 is 0 Å². The molecule has 1 aliphatic rings. The van der Waals surface area contributed by atoms with Gasteiger partial charge in [0.1, 0.15) is 0 Å². The molecule has 0 spiro atoms. The molecule has 5 nitrogen and oxygen atoms in total. The van der Waals surface area contributed by atoms with Gasteiger partial charge >= 0.3 is 0 Å². The van der Waals surface area contributed by atoms with Crippen molar-refractivity contribution < 1.29 is 16.5 Å². The first-order valence-electron chi connectivity index (χ1n) is 5.68. The molecule has 0 bridgehead atoms. The Labute approximate surface area is 106 Å². The Morgan fingerprint density at radius 3 is 0.938 bits per heavy atom. The smallest absolute Gasteiger partial charge is 0.300 e. The second kappa shape index (κ2) is 8.71. The van der Waals surface area contributed by atoms with Gasteiger partial charge in [0.25, 0.3) is 37.1 Å². The summed E-state index contributed by atoms with van der Waals surface area (Å²) in [6, 6.07) is 0.333. The van der Waals surface area contributed by atoms with Crippen molar-refractivity contribution in [3.63, 3.8) is 0 Å². The zero-order valence-electron chi connectivity index (χ0n) is 11.1. The highest BCUT2D eigenvalue weighted by Crippen LogP contribution is 2.06. The Morgan fingerprint density at radius 1 is 0.688 bits per heavy atom. The van der Waals surface area contributed by atoms with Crippen LogP contribution in [0.15, 0.2) is 0 Å². The van der Waals surface area contributed by atoms with E-state index in [4.69, 9.17) is 22.2 Å². The molecular formula is C7H25NO4Si4. The molecule has 98 valence electrons. The average molecular weight is 300 g/mol. The summed E-state index contributed by atoms with van der Waals surface area (Å²) >= 11 is 0. The van der Waals surface area contributed by atoms with Gasteiger partial charge in [0, 0.05) is 0 Å². The van der Waals surface area contributed by atoms with Crippen molar-refractivity contribution in [2.24, 2.45) is 5.73 Å². The molecule has 0 radical (unpaired) electrons. The van der Waals surface area contributed by atoms with Crippen molar-refractivity contribution in [1.29, 1.82) is 0 Å². The predicted molar refractivity (Wildman–Crippen MR) is 75.7 cm³/mol. The number of hydrogen-bond acceptors (Lipinski definition) is 5. The molecule has 1 heterocycles. The van der Waals surface area contributed by atoms with Crippen LogP contribution in [0.5, 0.6) is 0 Å². The third-order valence-corrected chi connectivity index (χ3v) is 13.8. The summed E-state index contributed by atoms with van der Waals surface area (Å²) in [5.74, 6) is 0. The van der Waals surface area contributed by atoms with Gasteiger partial charge in [-0.1, -0.05) is 13.8 Å². The summed E-state index contributed by atoms with van der Waals surface area (Å²) in [4.78, 5) is 0. The van der Waals surface area contributed by atoms with E-state index >= 15 is 0 Å². The second-order valence-corrected chi connectivity index (χ2v) is 13.0. The molecule has 1 rings (SSSR count). The van der Waals surface area contributed by atoms with E-state index in [9.17, 15) is 0 Å². The zero-order valence-corrected chi connectivity index (χ0v) is 15.7. The first-order valence-corrected chi connectivity index (χ1v) is 14.1. The molecular weight excluding hydrogens is 274 g/mol. The Morgan fingerprint density at radius 2 is 0.812 bits per heavy atom. The van der Waals surface area contributed by atoms with E-state index in [1.54, 1.807) is 0 Å². The number of rotatable bonds is 0. The third-order valence-electron chi connectivity index (χ3n) is 1.53. The Bertz CT molecular complexity index is 145. The van der Waals surface area contributed by atoms with Crippen molar-refractivity contribution in [3.05, 3.63) is 0 Å². The molecule has 1 fully saturated rings. The van der Waals surface area contributed by atoms with Gasteiger partial charge in [-0.3, -0.25) is 0 Å². The molecule has 0 unspecified atom stereocenters. The summed E-state index contributed by atoms with van der Waals surface area (Å²) in [5.41, 5.74) is 5.11. The Hall–Kier alpha value is 0.668.